The molecular weight excluding hydrogens is 381 g/mol. The number of rotatable bonds is 4. The summed E-state index contributed by atoms with van der Waals surface area (Å²) in [5.41, 5.74) is -0.315. The Morgan fingerprint density at radius 1 is 1.14 bits per heavy atom. The number of amides is 2. The van der Waals surface area contributed by atoms with Crippen LogP contribution in [0.3, 0.4) is 0 Å². The van der Waals surface area contributed by atoms with Crippen molar-refractivity contribution in [2.45, 2.75) is 6.42 Å². The summed E-state index contributed by atoms with van der Waals surface area (Å²) >= 11 is 0. The topological polar surface area (TPSA) is 106 Å². The number of furan rings is 1. The van der Waals surface area contributed by atoms with Gasteiger partial charge < -0.3 is 4.42 Å². The van der Waals surface area contributed by atoms with Gasteiger partial charge >= 0.3 is 0 Å². The van der Waals surface area contributed by atoms with E-state index in [0.717, 1.165) is 23.6 Å². The largest absolute Gasteiger partial charge is 0.455 e. The molecule has 3 aliphatic rings. The van der Waals surface area contributed by atoms with Gasteiger partial charge in [0.2, 0.25) is 0 Å². The minimum atomic E-state index is -0.728. The number of nitro groups is 1. The first kappa shape index (κ1) is 17.5. The van der Waals surface area contributed by atoms with Crippen LogP contribution in [0.1, 0.15) is 12.2 Å². The zero-order valence-electron chi connectivity index (χ0n) is 14.9. The van der Waals surface area contributed by atoms with Crippen molar-refractivity contribution < 1.29 is 23.3 Å². The van der Waals surface area contributed by atoms with E-state index in [1.165, 1.54) is 24.4 Å². The van der Waals surface area contributed by atoms with Crippen molar-refractivity contribution >= 4 is 23.7 Å². The average molecular weight is 395 g/mol. The second-order valence-electron chi connectivity index (χ2n) is 7.35. The third kappa shape index (κ3) is 2.61. The van der Waals surface area contributed by atoms with Crippen molar-refractivity contribution in [3.05, 3.63) is 64.2 Å². The fourth-order valence-electron chi connectivity index (χ4n) is 4.55. The smallest absolute Gasteiger partial charge is 0.283 e. The highest BCUT2D eigenvalue weighted by atomic mass is 19.1. The van der Waals surface area contributed by atoms with E-state index in [9.17, 15) is 24.1 Å². The summed E-state index contributed by atoms with van der Waals surface area (Å²) in [4.78, 5) is 35.7. The zero-order chi connectivity index (χ0) is 20.3. The Morgan fingerprint density at radius 3 is 2.48 bits per heavy atom. The predicted octanol–water partition coefficient (Wildman–Crippen LogP) is 3.13. The van der Waals surface area contributed by atoms with E-state index in [1.807, 2.05) is 12.2 Å². The van der Waals surface area contributed by atoms with Gasteiger partial charge in [-0.3, -0.25) is 19.7 Å². The first-order chi connectivity index (χ1) is 13.9. The number of nitrogens with zero attached hydrogens (tertiary/aromatic N) is 3. The summed E-state index contributed by atoms with van der Waals surface area (Å²) in [6.07, 6.45) is 6.06. The van der Waals surface area contributed by atoms with Crippen LogP contribution in [-0.2, 0) is 9.59 Å². The van der Waals surface area contributed by atoms with Crippen LogP contribution in [0.4, 0.5) is 10.1 Å². The molecule has 1 aromatic carbocycles. The van der Waals surface area contributed by atoms with Gasteiger partial charge in [0, 0.05) is 0 Å². The van der Waals surface area contributed by atoms with E-state index < -0.39 is 16.4 Å². The van der Waals surface area contributed by atoms with Crippen LogP contribution >= 0.6 is 0 Å². The number of halogens is 1. The fourth-order valence-corrected chi connectivity index (χ4v) is 4.55. The molecule has 4 atom stereocenters. The van der Waals surface area contributed by atoms with Crippen molar-refractivity contribution in [2.75, 3.05) is 0 Å². The molecule has 146 valence electrons. The third-order valence-electron chi connectivity index (χ3n) is 5.80. The summed E-state index contributed by atoms with van der Waals surface area (Å²) < 4.78 is 18.9. The molecule has 8 nitrogen and oxygen atoms in total. The highest BCUT2D eigenvalue weighted by molar-refractivity contribution is 6.06. The molecule has 29 heavy (non-hydrogen) atoms. The standard InChI is InChI=1S/C20H14FN3O5/c21-12-3-5-14(15(8-12)24(27)28)16-6-4-13(29-16)9-22-23-19(25)17-10-1-2-11(7-10)18(17)20(23)26/h1-6,8-11,17-18H,7H2/b22-9-/t10-,11-,17-,18-/m0/s1. The van der Waals surface area contributed by atoms with Gasteiger partial charge in [-0.05, 0) is 42.5 Å². The normalized spacial score (nSPS) is 27.4. The number of carbonyl (C=O) groups excluding carboxylic acids is 2. The van der Waals surface area contributed by atoms with Gasteiger partial charge in [0.1, 0.15) is 17.3 Å². The number of hydrogen-bond donors (Lipinski definition) is 0. The molecule has 9 heteroatoms. The van der Waals surface area contributed by atoms with Crippen LogP contribution in [0, 0.1) is 39.6 Å². The van der Waals surface area contributed by atoms with E-state index in [1.54, 1.807) is 0 Å². The quantitative estimate of drug-likeness (QED) is 0.260. The van der Waals surface area contributed by atoms with Crippen molar-refractivity contribution in [2.24, 2.45) is 28.8 Å². The number of benzene rings is 1. The van der Waals surface area contributed by atoms with Gasteiger partial charge in [-0.15, -0.1) is 0 Å². The monoisotopic (exact) mass is 395 g/mol. The lowest BCUT2D eigenvalue weighted by Crippen LogP contribution is -2.28. The number of nitro benzene ring substituents is 1. The Bertz CT molecular complexity index is 1090. The number of carbonyl (C=O) groups is 2. The molecule has 2 heterocycles. The summed E-state index contributed by atoms with van der Waals surface area (Å²) in [6, 6.07) is 6.15. The van der Waals surface area contributed by atoms with Crippen molar-refractivity contribution in [3.63, 3.8) is 0 Å². The molecule has 0 spiro atoms. The first-order valence-electron chi connectivity index (χ1n) is 9.08. The highest BCUT2D eigenvalue weighted by Gasteiger charge is 2.59. The second-order valence-corrected chi connectivity index (χ2v) is 7.35. The van der Waals surface area contributed by atoms with Gasteiger partial charge in [0.05, 0.1) is 34.6 Å². The summed E-state index contributed by atoms with van der Waals surface area (Å²) in [7, 11) is 0. The molecule has 1 aromatic heterocycles. The molecule has 0 radical (unpaired) electrons. The van der Waals surface area contributed by atoms with E-state index in [0.29, 0.717) is 0 Å². The molecular formula is C20H14FN3O5. The predicted molar refractivity (Wildman–Crippen MR) is 97.9 cm³/mol. The summed E-state index contributed by atoms with van der Waals surface area (Å²) in [5.74, 6) is -1.50. The molecule has 1 aliphatic heterocycles. The third-order valence-corrected chi connectivity index (χ3v) is 5.80. The minimum absolute atomic E-state index is 0.0934. The van der Waals surface area contributed by atoms with Crippen LogP contribution in [0.15, 0.2) is 52.0 Å². The molecule has 0 N–H and O–H groups in total. The number of allylic oxidation sites excluding steroid dienone is 2. The lowest BCUT2D eigenvalue weighted by molar-refractivity contribution is -0.384. The Balaban J connectivity index is 1.39. The lowest BCUT2D eigenvalue weighted by Gasteiger charge is -2.13. The van der Waals surface area contributed by atoms with Crippen LogP contribution in [0.25, 0.3) is 11.3 Å². The summed E-state index contributed by atoms with van der Waals surface area (Å²) in [5, 5.41) is 16.1. The molecule has 2 aliphatic carbocycles. The van der Waals surface area contributed by atoms with Crippen LogP contribution in [0.2, 0.25) is 0 Å². The number of hydrazone groups is 1. The molecule has 0 unspecified atom stereocenters. The van der Waals surface area contributed by atoms with E-state index in [4.69, 9.17) is 4.42 Å². The van der Waals surface area contributed by atoms with E-state index in [2.05, 4.69) is 5.10 Å². The Hall–Kier alpha value is -3.62. The van der Waals surface area contributed by atoms with Gasteiger partial charge in [0.25, 0.3) is 17.5 Å². The molecule has 2 amide bonds. The number of hydrogen-bond acceptors (Lipinski definition) is 6. The van der Waals surface area contributed by atoms with Crippen molar-refractivity contribution in [3.8, 4) is 11.3 Å². The lowest BCUT2D eigenvalue weighted by atomic mass is 9.85. The van der Waals surface area contributed by atoms with E-state index in [-0.39, 0.29) is 52.6 Å². The molecule has 1 saturated carbocycles. The maximum atomic E-state index is 13.3. The Labute approximate surface area is 163 Å². The van der Waals surface area contributed by atoms with Crippen LogP contribution < -0.4 is 0 Å². The molecule has 5 rings (SSSR count). The molecule has 2 bridgehead atoms. The minimum Gasteiger partial charge on any atom is -0.455 e. The maximum absolute atomic E-state index is 13.3. The molecule has 2 aromatic rings. The number of imide groups is 1. The maximum Gasteiger partial charge on any atom is 0.283 e. The van der Waals surface area contributed by atoms with Crippen LogP contribution in [0.5, 0.6) is 0 Å². The van der Waals surface area contributed by atoms with Gasteiger partial charge in [0.15, 0.2) is 0 Å². The summed E-state index contributed by atoms with van der Waals surface area (Å²) in [6.45, 7) is 0. The SMILES string of the molecule is O=C1[C@@H]2[C@@H](C(=O)N1/N=C\c1ccc(-c3ccc(F)cc3[N+](=O)[O-])o1)[C@H]1C=C[C@H]2C1. The van der Waals surface area contributed by atoms with Gasteiger partial charge in [-0.1, -0.05) is 12.2 Å². The molecule has 2 fully saturated rings. The highest BCUT2D eigenvalue weighted by Crippen LogP contribution is 2.52. The molecule has 1 saturated heterocycles. The first-order valence-corrected chi connectivity index (χ1v) is 9.08. The van der Waals surface area contributed by atoms with Gasteiger partial charge in [-0.25, -0.2) is 4.39 Å². The van der Waals surface area contributed by atoms with Crippen molar-refractivity contribution in [1.82, 2.24) is 5.01 Å². The zero-order valence-corrected chi connectivity index (χ0v) is 14.9. The van der Waals surface area contributed by atoms with Crippen LogP contribution in [-0.4, -0.2) is 28.0 Å². The van der Waals surface area contributed by atoms with Gasteiger partial charge in [-0.2, -0.15) is 10.1 Å². The average Bonchev–Trinajstić information content (AvgIpc) is 3.46. The Kier molecular flexibility index (Phi) is 3.73. The second kappa shape index (κ2) is 6.20. The Morgan fingerprint density at radius 2 is 1.83 bits per heavy atom. The van der Waals surface area contributed by atoms with E-state index >= 15 is 0 Å². The number of fused-ring (bicyclic) bond motifs is 5. The van der Waals surface area contributed by atoms with Crippen molar-refractivity contribution in [1.29, 1.82) is 0 Å². The fraction of sp³-hybridized carbons (Fsp3) is 0.250.